The van der Waals surface area contributed by atoms with Gasteiger partial charge in [0.15, 0.2) is 5.96 Å². The van der Waals surface area contributed by atoms with Gasteiger partial charge in [0.05, 0.1) is 27.4 Å². The zero-order valence-electron chi connectivity index (χ0n) is 20.1. The maximum absolute atomic E-state index is 5.42. The number of nitrogens with zero attached hydrogens (tertiary/aromatic N) is 2. The second-order valence-electron chi connectivity index (χ2n) is 7.87. The third-order valence-electron chi connectivity index (χ3n) is 5.71. The van der Waals surface area contributed by atoms with Gasteiger partial charge in [-0.1, -0.05) is 24.3 Å². The number of benzene rings is 2. The number of anilines is 1. The van der Waals surface area contributed by atoms with Crippen LogP contribution in [-0.2, 0) is 17.9 Å². The van der Waals surface area contributed by atoms with Crippen molar-refractivity contribution in [3.8, 4) is 11.5 Å². The van der Waals surface area contributed by atoms with Crippen LogP contribution in [0.15, 0.2) is 47.5 Å². The third-order valence-corrected chi connectivity index (χ3v) is 5.71. The maximum atomic E-state index is 5.42. The Hall–Kier alpha value is -2.20. The predicted molar refractivity (Wildman–Crippen MR) is 145 cm³/mol. The van der Waals surface area contributed by atoms with Crippen molar-refractivity contribution in [2.45, 2.75) is 39.0 Å². The first-order valence-corrected chi connectivity index (χ1v) is 11.2. The molecule has 0 aromatic heterocycles. The van der Waals surface area contributed by atoms with Gasteiger partial charge in [-0.2, -0.15) is 0 Å². The van der Waals surface area contributed by atoms with Crippen LogP contribution < -0.4 is 25.0 Å². The summed E-state index contributed by atoms with van der Waals surface area (Å²) in [4.78, 5) is 7.22. The number of nitrogens with one attached hydrogen (secondary N) is 2. The molecule has 182 valence electrons. The van der Waals surface area contributed by atoms with E-state index in [2.05, 4.69) is 46.7 Å². The maximum Gasteiger partial charge on any atom is 0.191 e. The SMILES string of the molecule is CCNC(=NCc1ccccc1COC)NC1CCN(c2cc(OC)cc(OC)c2)CC1.I. The van der Waals surface area contributed by atoms with E-state index in [-0.39, 0.29) is 24.0 Å². The summed E-state index contributed by atoms with van der Waals surface area (Å²) >= 11 is 0. The molecule has 0 bridgehead atoms. The largest absolute Gasteiger partial charge is 0.497 e. The fourth-order valence-corrected chi connectivity index (χ4v) is 3.94. The van der Waals surface area contributed by atoms with Gasteiger partial charge in [0, 0.05) is 56.7 Å². The van der Waals surface area contributed by atoms with Crippen LogP contribution in [0.5, 0.6) is 11.5 Å². The monoisotopic (exact) mass is 568 g/mol. The third kappa shape index (κ3) is 7.96. The molecule has 2 N–H and O–H groups in total. The Morgan fingerprint density at radius 3 is 2.21 bits per heavy atom. The number of aliphatic imine (C=N–C) groups is 1. The Balaban J connectivity index is 0.00000385. The van der Waals surface area contributed by atoms with Crippen molar-refractivity contribution in [3.05, 3.63) is 53.6 Å². The summed E-state index contributed by atoms with van der Waals surface area (Å²) in [5.74, 6) is 2.49. The molecule has 1 aliphatic heterocycles. The number of rotatable bonds is 9. The summed E-state index contributed by atoms with van der Waals surface area (Å²) in [6, 6.07) is 14.7. The number of piperidine rings is 1. The van der Waals surface area contributed by atoms with Gasteiger partial charge in [-0.15, -0.1) is 24.0 Å². The van der Waals surface area contributed by atoms with E-state index in [1.165, 1.54) is 11.1 Å². The van der Waals surface area contributed by atoms with Crippen LogP contribution in [0.2, 0.25) is 0 Å². The molecular formula is C25H37IN4O3. The number of hydrogen-bond acceptors (Lipinski definition) is 5. The zero-order chi connectivity index (χ0) is 22.8. The molecule has 0 aliphatic carbocycles. The van der Waals surface area contributed by atoms with Gasteiger partial charge in [0.2, 0.25) is 0 Å². The first-order chi connectivity index (χ1) is 15.7. The van der Waals surface area contributed by atoms with Gasteiger partial charge in [-0.05, 0) is 30.9 Å². The first-order valence-electron chi connectivity index (χ1n) is 11.2. The molecule has 0 unspecified atom stereocenters. The van der Waals surface area contributed by atoms with Crippen molar-refractivity contribution in [1.29, 1.82) is 0 Å². The highest BCUT2D eigenvalue weighted by Gasteiger charge is 2.21. The lowest BCUT2D eigenvalue weighted by Gasteiger charge is -2.34. The van der Waals surface area contributed by atoms with Crippen molar-refractivity contribution in [2.75, 3.05) is 45.9 Å². The van der Waals surface area contributed by atoms with Crippen molar-refractivity contribution >= 4 is 35.6 Å². The Bertz CT molecular complexity index is 863. The van der Waals surface area contributed by atoms with Gasteiger partial charge in [-0.3, -0.25) is 0 Å². The highest BCUT2D eigenvalue weighted by Crippen LogP contribution is 2.30. The van der Waals surface area contributed by atoms with Crippen molar-refractivity contribution in [1.82, 2.24) is 10.6 Å². The van der Waals surface area contributed by atoms with E-state index in [0.29, 0.717) is 19.2 Å². The molecule has 2 aromatic carbocycles. The summed E-state index contributed by atoms with van der Waals surface area (Å²) in [6.07, 6.45) is 2.06. The molecule has 1 fully saturated rings. The Morgan fingerprint density at radius 1 is 1.00 bits per heavy atom. The van der Waals surface area contributed by atoms with Crippen LogP contribution in [0.3, 0.4) is 0 Å². The van der Waals surface area contributed by atoms with Crippen LogP contribution in [0.25, 0.3) is 0 Å². The lowest BCUT2D eigenvalue weighted by atomic mass is 10.0. The number of guanidine groups is 1. The molecule has 1 saturated heterocycles. The zero-order valence-corrected chi connectivity index (χ0v) is 22.4. The summed E-state index contributed by atoms with van der Waals surface area (Å²) in [7, 11) is 5.09. The molecule has 0 saturated carbocycles. The summed E-state index contributed by atoms with van der Waals surface area (Å²) in [5, 5.41) is 7.01. The Morgan fingerprint density at radius 2 is 1.64 bits per heavy atom. The molecular weight excluding hydrogens is 531 g/mol. The van der Waals surface area contributed by atoms with Crippen molar-refractivity contribution in [2.24, 2.45) is 4.99 Å². The molecule has 7 nitrogen and oxygen atoms in total. The Kier molecular flexibility index (Phi) is 11.6. The number of ether oxygens (including phenoxy) is 3. The second-order valence-corrected chi connectivity index (χ2v) is 7.87. The number of hydrogen-bond donors (Lipinski definition) is 2. The van der Waals surface area contributed by atoms with Crippen molar-refractivity contribution < 1.29 is 14.2 Å². The van der Waals surface area contributed by atoms with E-state index in [1.807, 2.05) is 18.2 Å². The van der Waals surface area contributed by atoms with Gasteiger partial charge in [0.25, 0.3) is 0 Å². The van der Waals surface area contributed by atoms with Gasteiger partial charge in [0.1, 0.15) is 11.5 Å². The standard InChI is InChI=1S/C25H36N4O3.HI/c1-5-26-25(27-17-19-8-6-7-9-20(19)18-30-2)28-21-10-12-29(13-11-21)22-14-23(31-3)16-24(15-22)32-4;/h6-9,14-16,21H,5,10-13,17-18H2,1-4H3,(H2,26,27,28);1H. The fourth-order valence-electron chi connectivity index (χ4n) is 3.94. The minimum Gasteiger partial charge on any atom is -0.497 e. The van der Waals surface area contributed by atoms with E-state index in [4.69, 9.17) is 19.2 Å². The van der Waals surface area contributed by atoms with E-state index in [0.717, 1.165) is 55.6 Å². The fraction of sp³-hybridized carbons (Fsp3) is 0.480. The average Bonchev–Trinajstić information content (AvgIpc) is 2.83. The van der Waals surface area contributed by atoms with Crippen LogP contribution in [0.1, 0.15) is 30.9 Å². The van der Waals surface area contributed by atoms with E-state index in [9.17, 15) is 0 Å². The predicted octanol–water partition coefficient (Wildman–Crippen LogP) is 4.19. The van der Waals surface area contributed by atoms with E-state index >= 15 is 0 Å². The molecule has 1 aliphatic rings. The van der Waals surface area contributed by atoms with E-state index in [1.54, 1.807) is 21.3 Å². The van der Waals surface area contributed by atoms with Crippen molar-refractivity contribution in [3.63, 3.8) is 0 Å². The lowest BCUT2D eigenvalue weighted by Crippen LogP contribution is -2.48. The smallest absolute Gasteiger partial charge is 0.191 e. The van der Waals surface area contributed by atoms with Gasteiger partial charge in [-0.25, -0.2) is 4.99 Å². The summed E-state index contributed by atoms with van der Waals surface area (Å²) in [5.41, 5.74) is 3.50. The molecule has 0 spiro atoms. The molecule has 8 heteroatoms. The van der Waals surface area contributed by atoms with Crippen LogP contribution in [0, 0.1) is 0 Å². The quantitative estimate of drug-likeness (QED) is 0.269. The van der Waals surface area contributed by atoms with Gasteiger partial charge < -0.3 is 29.7 Å². The van der Waals surface area contributed by atoms with Crippen LogP contribution in [0.4, 0.5) is 5.69 Å². The average molecular weight is 569 g/mol. The summed E-state index contributed by atoms with van der Waals surface area (Å²) < 4.78 is 16.2. The highest BCUT2D eigenvalue weighted by molar-refractivity contribution is 14.0. The number of methoxy groups -OCH3 is 3. The molecule has 0 atom stereocenters. The lowest BCUT2D eigenvalue weighted by molar-refractivity contribution is 0.184. The molecule has 0 amide bonds. The van der Waals surface area contributed by atoms with Crippen LogP contribution >= 0.6 is 24.0 Å². The van der Waals surface area contributed by atoms with E-state index < -0.39 is 0 Å². The number of halogens is 1. The van der Waals surface area contributed by atoms with Gasteiger partial charge >= 0.3 is 0 Å². The molecule has 1 heterocycles. The Labute approximate surface area is 214 Å². The highest BCUT2D eigenvalue weighted by atomic mass is 127. The second kappa shape index (κ2) is 14.1. The normalized spacial score (nSPS) is 14.4. The minimum atomic E-state index is 0. The molecule has 2 aromatic rings. The first kappa shape index (κ1) is 27.0. The molecule has 3 rings (SSSR count). The molecule has 33 heavy (non-hydrogen) atoms. The minimum absolute atomic E-state index is 0. The topological polar surface area (TPSA) is 67.4 Å². The summed E-state index contributed by atoms with van der Waals surface area (Å²) in [6.45, 7) is 6.07. The van der Waals surface area contributed by atoms with Crippen LogP contribution in [-0.4, -0.2) is 53.0 Å². The molecule has 0 radical (unpaired) electrons.